The van der Waals surface area contributed by atoms with Crippen molar-refractivity contribution in [3.63, 3.8) is 0 Å². The molecule has 1 aromatic heterocycles. The van der Waals surface area contributed by atoms with Gasteiger partial charge in [-0.05, 0) is 24.6 Å². The van der Waals surface area contributed by atoms with E-state index in [9.17, 15) is 0 Å². The Bertz CT molecular complexity index is 471. The predicted molar refractivity (Wildman–Crippen MR) is 62.0 cm³/mol. The summed E-state index contributed by atoms with van der Waals surface area (Å²) in [7, 11) is 0. The van der Waals surface area contributed by atoms with Crippen LogP contribution in [0.4, 0.5) is 5.82 Å². The molecule has 0 bridgehead atoms. The number of hydrogen-bond acceptors (Lipinski definition) is 2. The predicted octanol–water partition coefficient (Wildman–Crippen LogP) is 3.12. The van der Waals surface area contributed by atoms with Crippen LogP contribution in [-0.4, -0.2) is 16.4 Å². The third-order valence-corrected chi connectivity index (χ3v) is 2.16. The quantitative estimate of drug-likeness (QED) is 0.775. The van der Waals surface area contributed by atoms with Crippen molar-refractivity contribution >= 4 is 23.6 Å². The second kappa shape index (κ2) is 4.28. The number of H-pyrrole nitrogens is 1. The molecule has 0 saturated carbocycles. The second-order valence-electron chi connectivity index (χ2n) is 3.22. The highest BCUT2D eigenvalue weighted by atomic mass is 35.5. The Balaban J connectivity index is 2.14. The van der Waals surface area contributed by atoms with Gasteiger partial charge >= 0.3 is 0 Å². The number of benzene rings is 1. The van der Waals surface area contributed by atoms with Gasteiger partial charge < -0.3 is 0 Å². The molecule has 0 amide bonds. The van der Waals surface area contributed by atoms with Gasteiger partial charge in [0.05, 0.1) is 0 Å². The molecule has 2 rings (SSSR count). The van der Waals surface area contributed by atoms with Crippen LogP contribution in [0.25, 0.3) is 0 Å². The molecule has 1 heterocycles. The third kappa shape index (κ3) is 2.67. The van der Waals surface area contributed by atoms with E-state index in [-0.39, 0.29) is 0 Å². The fourth-order valence-electron chi connectivity index (χ4n) is 1.16. The summed E-state index contributed by atoms with van der Waals surface area (Å²) in [6, 6.07) is 9.36. The number of aromatic nitrogens is 2. The van der Waals surface area contributed by atoms with Crippen LogP contribution in [0, 0.1) is 6.92 Å². The zero-order valence-corrected chi connectivity index (χ0v) is 8.99. The van der Waals surface area contributed by atoms with Crippen LogP contribution in [-0.2, 0) is 0 Å². The standard InChI is InChI=1S/C11H10ClN3/c1-8-6-11(15-14-8)13-7-9-2-4-10(12)5-3-9/h2-7H,1H3,(H,14,15). The molecule has 0 fully saturated rings. The molecule has 0 aliphatic heterocycles. The number of rotatable bonds is 2. The van der Waals surface area contributed by atoms with Gasteiger partial charge in [-0.2, -0.15) is 5.10 Å². The summed E-state index contributed by atoms with van der Waals surface area (Å²) in [6.07, 6.45) is 1.76. The minimum atomic E-state index is 0.683. The zero-order valence-electron chi connectivity index (χ0n) is 8.24. The number of hydrogen-bond donors (Lipinski definition) is 1. The molecule has 1 N–H and O–H groups in total. The fraction of sp³-hybridized carbons (Fsp3) is 0.0909. The van der Waals surface area contributed by atoms with Gasteiger partial charge in [0.25, 0.3) is 0 Å². The van der Waals surface area contributed by atoms with E-state index in [1.807, 2.05) is 37.3 Å². The first-order chi connectivity index (χ1) is 7.24. The summed E-state index contributed by atoms with van der Waals surface area (Å²) in [5.74, 6) is 0.683. The molecular formula is C11H10ClN3. The molecule has 0 radical (unpaired) electrons. The van der Waals surface area contributed by atoms with E-state index in [2.05, 4.69) is 15.2 Å². The van der Waals surface area contributed by atoms with Crippen molar-refractivity contribution in [1.29, 1.82) is 0 Å². The topological polar surface area (TPSA) is 41.0 Å². The summed E-state index contributed by atoms with van der Waals surface area (Å²) in [5, 5.41) is 7.55. The minimum Gasteiger partial charge on any atom is -0.281 e. The van der Waals surface area contributed by atoms with E-state index < -0.39 is 0 Å². The van der Waals surface area contributed by atoms with Crippen LogP contribution in [0.15, 0.2) is 35.3 Å². The van der Waals surface area contributed by atoms with Gasteiger partial charge in [-0.1, -0.05) is 23.7 Å². The molecule has 0 saturated heterocycles. The second-order valence-corrected chi connectivity index (χ2v) is 3.66. The number of aromatic amines is 1. The monoisotopic (exact) mass is 219 g/mol. The lowest BCUT2D eigenvalue weighted by atomic mass is 10.2. The molecule has 76 valence electrons. The molecular weight excluding hydrogens is 210 g/mol. The van der Waals surface area contributed by atoms with E-state index in [1.165, 1.54) is 0 Å². The van der Waals surface area contributed by atoms with Crippen molar-refractivity contribution < 1.29 is 0 Å². The van der Waals surface area contributed by atoms with E-state index in [1.54, 1.807) is 6.21 Å². The van der Waals surface area contributed by atoms with Gasteiger partial charge in [-0.25, -0.2) is 4.99 Å². The van der Waals surface area contributed by atoms with Crippen LogP contribution in [0.3, 0.4) is 0 Å². The lowest BCUT2D eigenvalue weighted by molar-refractivity contribution is 1.04. The lowest BCUT2D eigenvalue weighted by Crippen LogP contribution is -1.78. The molecule has 2 aromatic rings. The van der Waals surface area contributed by atoms with Crippen molar-refractivity contribution in [3.05, 3.63) is 46.6 Å². The van der Waals surface area contributed by atoms with Crippen molar-refractivity contribution in [2.24, 2.45) is 4.99 Å². The molecule has 3 nitrogen and oxygen atoms in total. The summed E-state index contributed by atoms with van der Waals surface area (Å²) < 4.78 is 0. The van der Waals surface area contributed by atoms with Crippen LogP contribution in [0.5, 0.6) is 0 Å². The number of halogens is 1. The van der Waals surface area contributed by atoms with Gasteiger partial charge in [0.1, 0.15) is 0 Å². The molecule has 0 unspecified atom stereocenters. The fourth-order valence-corrected chi connectivity index (χ4v) is 1.29. The highest BCUT2D eigenvalue weighted by molar-refractivity contribution is 6.30. The molecule has 1 aromatic carbocycles. The van der Waals surface area contributed by atoms with Gasteiger partial charge in [0, 0.05) is 23.0 Å². The Kier molecular flexibility index (Phi) is 2.83. The van der Waals surface area contributed by atoms with E-state index in [0.29, 0.717) is 5.82 Å². The summed E-state index contributed by atoms with van der Waals surface area (Å²) in [6.45, 7) is 1.94. The highest BCUT2D eigenvalue weighted by Crippen LogP contribution is 2.10. The summed E-state index contributed by atoms with van der Waals surface area (Å²) in [5.41, 5.74) is 2.00. The Morgan fingerprint density at radius 1 is 1.33 bits per heavy atom. The van der Waals surface area contributed by atoms with Crippen molar-refractivity contribution in [1.82, 2.24) is 10.2 Å². The number of aryl methyl sites for hydroxylation is 1. The maximum absolute atomic E-state index is 5.77. The molecule has 15 heavy (non-hydrogen) atoms. The Labute approximate surface area is 92.8 Å². The van der Waals surface area contributed by atoms with Gasteiger partial charge in [0.2, 0.25) is 0 Å². The Morgan fingerprint density at radius 3 is 2.67 bits per heavy atom. The summed E-state index contributed by atoms with van der Waals surface area (Å²) >= 11 is 5.77. The first kappa shape index (κ1) is 9.93. The number of nitrogens with one attached hydrogen (secondary N) is 1. The van der Waals surface area contributed by atoms with E-state index in [4.69, 9.17) is 11.6 Å². The Morgan fingerprint density at radius 2 is 2.07 bits per heavy atom. The van der Waals surface area contributed by atoms with E-state index in [0.717, 1.165) is 16.3 Å². The third-order valence-electron chi connectivity index (χ3n) is 1.91. The lowest BCUT2D eigenvalue weighted by Gasteiger charge is -1.91. The maximum Gasteiger partial charge on any atom is 0.173 e. The maximum atomic E-state index is 5.77. The SMILES string of the molecule is Cc1cc(N=Cc2ccc(Cl)cc2)n[nH]1. The average Bonchev–Trinajstić information content (AvgIpc) is 2.64. The van der Waals surface area contributed by atoms with Crippen LogP contribution in [0.1, 0.15) is 11.3 Å². The molecule has 0 aliphatic carbocycles. The largest absolute Gasteiger partial charge is 0.281 e. The smallest absolute Gasteiger partial charge is 0.173 e. The van der Waals surface area contributed by atoms with E-state index >= 15 is 0 Å². The molecule has 0 aliphatic rings. The first-order valence-corrected chi connectivity index (χ1v) is 4.93. The molecule has 0 atom stereocenters. The number of nitrogens with zero attached hydrogens (tertiary/aromatic N) is 2. The zero-order chi connectivity index (χ0) is 10.7. The molecule has 0 spiro atoms. The van der Waals surface area contributed by atoms with Crippen LogP contribution < -0.4 is 0 Å². The van der Waals surface area contributed by atoms with Crippen LogP contribution in [0.2, 0.25) is 5.02 Å². The summed E-state index contributed by atoms with van der Waals surface area (Å²) in [4.78, 5) is 4.22. The van der Waals surface area contributed by atoms with Crippen molar-refractivity contribution in [2.75, 3.05) is 0 Å². The van der Waals surface area contributed by atoms with Crippen molar-refractivity contribution in [2.45, 2.75) is 6.92 Å². The highest BCUT2D eigenvalue weighted by Gasteiger charge is 1.93. The van der Waals surface area contributed by atoms with Crippen molar-refractivity contribution in [3.8, 4) is 0 Å². The van der Waals surface area contributed by atoms with Gasteiger partial charge in [-0.3, -0.25) is 5.10 Å². The first-order valence-electron chi connectivity index (χ1n) is 4.56. The molecule has 4 heteroatoms. The number of aliphatic imine (C=N–C) groups is 1. The average molecular weight is 220 g/mol. The van der Waals surface area contributed by atoms with Gasteiger partial charge in [0.15, 0.2) is 5.82 Å². The minimum absolute atomic E-state index is 0.683. The normalized spacial score (nSPS) is 11.1. The Hall–Kier alpha value is -1.61. The van der Waals surface area contributed by atoms with Crippen LogP contribution >= 0.6 is 11.6 Å². The van der Waals surface area contributed by atoms with Gasteiger partial charge in [-0.15, -0.1) is 0 Å².